The van der Waals surface area contributed by atoms with Gasteiger partial charge in [0.05, 0.1) is 0 Å². The van der Waals surface area contributed by atoms with Crippen molar-refractivity contribution in [1.29, 1.82) is 0 Å². The maximum atomic E-state index is 10.5. The number of carbonyl (C=O) groups is 1. The van der Waals surface area contributed by atoms with Gasteiger partial charge in [-0.3, -0.25) is 4.79 Å². The van der Waals surface area contributed by atoms with Crippen molar-refractivity contribution < 1.29 is 9.90 Å². The predicted octanol–water partition coefficient (Wildman–Crippen LogP) is 1.14. The third kappa shape index (κ3) is 4.97. The summed E-state index contributed by atoms with van der Waals surface area (Å²) in [6, 6.07) is 7.50. The van der Waals surface area contributed by atoms with E-state index in [0.29, 0.717) is 6.54 Å². The number of aliphatic carboxylic acids is 1. The summed E-state index contributed by atoms with van der Waals surface area (Å²) in [7, 11) is 0. The van der Waals surface area contributed by atoms with Crippen LogP contribution in [0.25, 0.3) is 0 Å². The third-order valence-corrected chi connectivity index (χ3v) is 2.57. The number of hydrogen-bond acceptors (Lipinski definition) is 3. The second-order valence-corrected chi connectivity index (χ2v) is 4.14. The van der Waals surface area contributed by atoms with Crippen LogP contribution in [0.1, 0.15) is 24.5 Å². The van der Waals surface area contributed by atoms with Crippen LogP contribution < -0.4 is 11.1 Å². The number of carboxylic acids is 1. The van der Waals surface area contributed by atoms with Gasteiger partial charge in [0.1, 0.15) is 6.04 Å². The minimum absolute atomic E-state index is 0.284. The molecule has 4 N–H and O–H groups in total. The first-order chi connectivity index (χ1) is 8.13. The molecule has 0 fully saturated rings. The molecule has 1 aromatic rings. The lowest BCUT2D eigenvalue weighted by Gasteiger charge is -2.08. The van der Waals surface area contributed by atoms with Crippen LogP contribution in [0.15, 0.2) is 24.3 Å². The van der Waals surface area contributed by atoms with Crippen molar-refractivity contribution in [3.05, 3.63) is 35.4 Å². The maximum absolute atomic E-state index is 10.5. The Morgan fingerprint density at radius 3 is 2.47 bits per heavy atom. The van der Waals surface area contributed by atoms with Gasteiger partial charge in [-0.15, -0.1) is 0 Å². The van der Waals surface area contributed by atoms with Crippen LogP contribution >= 0.6 is 0 Å². The Morgan fingerprint density at radius 2 is 1.94 bits per heavy atom. The van der Waals surface area contributed by atoms with Crippen LogP contribution in [0.2, 0.25) is 0 Å². The number of carboxylic acid groups (broad SMARTS) is 1. The first-order valence-electron chi connectivity index (χ1n) is 5.90. The SMILES string of the molecule is CCCc1ccc(CNCC(N)C(=O)O)cc1. The number of benzene rings is 1. The second-order valence-electron chi connectivity index (χ2n) is 4.14. The highest BCUT2D eigenvalue weighted by molar-refractivity contribution is 5.73. The monoisotopic (exact) mass is 236 g/mol. The van der Waals surface area contributed by atoms with Crippen LogP contribution in [0.3, 0.4) is 0 Å². The van der Waals surface area contributed by atoms with Gasteiger partial charge in [0.15, 0.2) is 0 Å². The van der Waals surface area contributed by atoms with Crippen molar-refractivity contribution in [3.63, 3.8) is 0 Å². The molecule has 0 aromatic heterocycles. The summed E-state index contributed by atoms with van der Waals surface area (Å²) in [4.78, 5) is 10.5. The van der Waals surface area contributed by atoms with E-state index in [1.54, 1.807) is 0 Å². The maximum Gasteiger partial charge on any atom is 0.321 e. The highest BCUT2D eigenvalue weighted by Gasteiger charge is 2.09. The number of hydrogen-bond donors (Lipinski definition) is 3. The summed E-state index contributed by atoms with van der Waals surface area (Å²) in [6.45, 7) is 3.09. The molecule has 4 heteroatoms. The van der Waals surface area contributed by atoms with Gasteiger partial charge in [-0.1, -0.05) is 37.6 Å². The number of nitrogens with one attached hydrogen (secondary N) is 1. The van der Waals surface area contributed by atoms with Crippen molar-refractivity contribution in [1.82, 2.24) is 5.32 Å². The molecule has 17 heavy (non-hydrogen) atoms. The highest BCUT2D eigenvalue weighted by Crippen LogP contribution is 2.06. The van der Waals surface area contributed by atoms with E-state index in [2.05, 4.69) is 36.5 Å². The fourth-order valence-corrected chi connectivity index (χ4v) is 1.57. The lowest BCUT2D eigenvalue weighted by atomic mass is 10.1. The number of rotatable bonds is 7. The van der Waals surface area contributed by atoms with Crippen molar-refractivity contribution in [2.75, 3.05) is 6.54 Å². The molecule has 0 amide bonds. The Kier molecular flexibility index (Phi) is 5.66. The third-order valence-electron chi connectivity index (χ3n) is 2.57. The Balaban J connectivity index is 2.34. The van der Waals surface area contributed by atoms with Crippen LogP contribution in [0, 0.1) is 0 Å². The van der Waals surface area contributed by atoms with Crippen molar-refractivity contribution in [3.8, 4) is 0 Å². The average molecular weight is 236 g/mol. The first-order valence-corrected chi connectivity index (χ1v) is 5.90. The molecule has 0 spiro atoms. The molecule has 0 bridgehead atoms. The van der Waals surface area contributed by atoms with Crippen molar-refractivity contribution in [2.45, 2.75) is 32.4 Å². The molecular weight excluding hydrogens is 216 g/mol. The van der Waals surface area contributed by atoms with Gasteiger partial charge >= 0.3 is 5.97 Å². The van der Waals surface area contributed by atoms with E-state index in [0.717, 1.165) is 18.4 Å². The minimum atomic E-state index is -0.976. The van der Waals surface area contributed by atoms with Crippen LogP contribution in [-0.4, -0.2) is 23.7 Å². The molecule has 1 aromatic carbocycles. The van der Waals surface area contributed by atoms with E-state index >= 15 is 0 Å². The van der Waals surface area contributed by atoms with Crippen LogP contribution in [0.5, 0.6) is 0 Å². The largest absolute Gasteiger partial charge is 0.480 e. The normalized spacial score (nSPS) is 12.4. The van der Waals surface area contributed by atoms with E-state index in [-0.39, 0.29) is 6.54 Å². The molecule has 1 rings (SSSR count). The van der Waals surface area contributed by atoms with E-state index in [9.17, 15) is 4.79 Å². The summed E-state index contributed by atoms with van der Waals surface area (Å²) >= 11 is 0. The lowest BCUT2D eigenvalue weighted by Crippen LogP contribution is -2.40. The van der Waals surface area contributed by atoms with E-state index < -0.39 is 12.0 Å². The summed E-state index contributed by atoms with van der Waals surface area (Å²) < 4.78 is 0. The Hall–Kier alpha value is -1.39. The fraction of sp³-hybridized carbons (Fsp3) is 0.462. The molecule has 0 saturated heterocycles. The van der Waals surface area contributed by atoms with Crippen molar-refractivity contribution in [2.24, 2.45) is 5.73 Å². The topological polar surface area (TPSA) is 75.3 Å². The standard InChI is InChI=1S/C13H20N2O2/c1-2-3-10-4-6-11(7-5-10)8-15-9-12(14)13(16)17/h4-7,12,15H,2-3,8-9,14H2,1H3,(H,16,17). The molecule has 0 aliphatic heterocycles. The molecule has 0 aliphatic rings. The minimum Gasteiger partial charge on any atom is -0.480 e. The molecule has 0 saturated carbocycles. The van der Waals surface area contributed by atoms with E-state index in [1.165, 1.54) is 5.56 Å². The molecule has 1 atom stereocenters. The number of nitrogens with two attached hydrogens (primary N) is 1. The van der Waals surface area contributed by atoms with E-state index in [4.69, 9.17) is 10.8 Å². The zero-order chi connectivity index (χ0) is 12.7. The molecule has 0 radical (unpaired) electrons. The van der Waals surface area contributed by atoms with Gasteiger partial charge in [0.25, 0.3) is 0 Å². The van der Waals surface area contributed by atoms with Gasteiger partial charge in [-0.25, -0.2) is 0 Å². The van der Waals surface area contributed by atoms with Gasteiger partial charge < -0.3 is 16.2 Å². The number of aryl methyl sites for hydroxylation is 1. The van der Waals surface area contributed by atoms with Crippen LogP contribution in [0.4, 0.5) is 0 Å². The second kappa shape index (κ2) is 7.04. The molecule has 94 valence electrons. The Morgan fingerprint density at radius 1 is 1.35 bits per heavy atom. The molecular formula is C13H20N2O2. The summed E-state index contributed by atoms with van der Waals surface area (Å²) in [5, 5.41) is 11.6. The first kappa shape index (κ1) is 13.7. The Labute approximate surface area is 102 Å². The van der Waals surface area contributed by atoms with E-state index in [1.807, 2.05) is 0 Å². The highest BCUT2D eigenvalue weighted by atomic mass is 16.4. The van der Waals surface area contributed by atoms with Gasteiger partial charge in [-0.05, 0) is 17.5 Å². The predicted molar refractivity (Wildman–Crippen MR) is 67.8 cm³/mol. The molecule has 0 heterocycles. The Bertz CT molecular complexity index is 349. The van der Waals surface area contributed by atoms with Crippen LogP contribution in [-0.2, 0) is 17.8 Å². The van der Waals surface area contributed by atoms with Crippen molar-refractivity contribution >= 4 is 5.97 Å². The summed E-state index contributed by atoms with van der Waals surface area (Å²) in [6.07, 6.45) is 2.24. The quantitative estimate of drug-likeness (QED) is 0.663. The lowest BCUT2D eigenvalue weighted by molar-refractivity contribution is -0.138. The average Bonchev–Trinajstić information content (AvgIpc) is 2.31. The molecule has 1 unspecified atom stereocenters. The molecule has 4 nitrogen and oxygen atoms in total. The zero-order valence-corrected chi connectivity index (χ0v) is 10.1. The van der Waals surface area contributed by atoms with Gasteiger partial charge in [-0.2, -0.15) is 0 Å². The summed E-state index contributed by atoms with van der Waals surface area (Å²) in [5.74, 6) is -0.976. The fourth-order valence-electron chi connectivity index (χ4n) is 1.57. The molecule has 0 aliphatic carbocycles. The summed E-state index contributed by atoms with van der Waals surface area (Å²) in [5.41, 5.74) is 7.86. The van der Waals surface area contributed by atoms with Gasteiger partial charge in [0.2, 0.25) is 0 Å². The van der Waals surface area contributed by atoms with Gasteiger partial charge in [0, 0.05) is 13.1 Å². The zero-order valence-electron chi connectivity index (χ0n) is 10.1. The smallest absolute Gasteiger partial charge is 0.321 e.